The zero-order valence-electron chi connectivity index (χ0n) is 45.2. The lowest BCUT2D eigenvalue weighted by atomic mass is 9.98. The van der Waals surface area contributed by atoms with E-state index in [2.05, 4.69) is 47.2 Å². The number of guanidine groups is 2. The molecular formula is C48H88N16O11. The SMILES string of the molecule is CC(C)C[C@H](NC(=O)[C@H](CC(C)C)NC(=O)[C@H](CCC(N)=O)NC(=O)[C@@H](NC(=O)[C@H](CC(C)C)NC(=O)[C@H](CCCN=C(N)N)NC(=O)[C@H](CCCN=C(N)N)NC(=O)[C@@H]1CCCN1C(=O)[C@H](C)N)C(C)C)C(=O)O. The lowest BCUT2D eigenvalue weighted by molar-refractivity contribution is -0.143. The molecule has 75 heavy (non-hydrogen) atoms. The van der Waals surface area contributed by atoms with Crippen molar-refractivity contribution in [2.45, 2.75) is 187 Å². The van der Waals surface area contributed by atoms with Gasteiger partial charge >= 0.3 is 5.97 Å². The molecule has 426 valence electrons. The molecule has 0 spiro atoms. The summed E-state index contributed by atoms with van der Waals surface area (Å²) >= 11 is 0. The lowest BCUT2D eigenvalue weighted by Gasteiger charge is -2.30. The zero-order valence-corrected chi connectivity index (χ0v) is 45.2. The molecule has 1 aliphatic heterocycles. The highest BCUT2D eigenvalue weighted by molar-refractivity contribution is 5.98. The van der Waals surface area contributed by atoms with Crippen molar-refractivity contribution < 1.29 is 53.1 Å². The number of aliphatic carboxylic acids is 1. The molecule has 0 saturated carbocycles. The average Bonchev–Trinajstić information content (AvgIpc) is 3.79. The van der Waals surface area contributed by atoms with Gasteiger partial charge in [0.2, 0.25) is 53.2 Å². The quantitative estimate of drug-likeness (QED) is 0.0173. The van der Waals surface area contributed by atoms with Gasteiger partial charge in [-0.15, -0.1) is 0 Å². The van der Waals surface area contributed by atoms with Crippen LogP contribution in [0.1, 0.15) is 133 Å². The number of rotatable bonds is 34. The van der Waals surface area contributed by atoms with Crippen molar-refractivity contribution in [1.29, 1.82) is 0 Å². The average molecular weight is 1070 g/mol. The second kappa shape index (κ2) is 33.2. The predicted octanol–water partition coefficient (Wildman–Crippen LogP) is -3.03. The summed E-state index contributed by atoms with van der Waals surface area (Å²) < 4.78 is 0. The number of nitrogens with one attached hydrogen (secondary N) is 7. The highest BCUT2D eigenvalue weighted by Crippen LogP contribution is 2.19. The monoisotopic (exact) mass is 1060 g/mol. The molecule has 27 heteroatoms. The molecule has 1 fully saturated rings. The Morgan fingerprint density at radius 2 is 0.920 bits per heavy atom. The van der Waals surface area contributed by atoms with Crippen LogP contribution in [-0.2, 0) is 47.9 Å². The Morgan fingerprint density at radius 1 is 0.533 bits per heavy atom. The van der Waals surface area contributed by atoms with Crippen LogP contribution in [0, 0.1) is 23.7 Å². The van der Waals surface area contributed by atoms with Gasteiger partial charge in [0.25, 0.3) is 0 Å². The minimum atomic E-state index is -1.46. The van der Waals surface area contributed by atoms with Crippen LogP contribution >= 0.6 is 0 Å². The number of carboxylic acids is 1. The van der Waals surface area contributed by atoms with E-state index in [0.717, 1.165) is 0 Å². The second-order valence-electron chi connectivity index (χ2n) is 20.7. The van der Waals surface area contributed by atoms with Gasteiger partial charge in [-0.3, -0.25) is 53.1 Å². The molecule has 0 radical (unpaired) electrons. The minimum absolute atomic E-state index is 0.00620. The fourth-order valence-corrected chi connectivity index (χ4v) is 8.17. The highest BCUT2D eigenvalue weighted by Gasteiger charge is 2.39. The number of amides is 9. The van der Waals surface area contributed by atoms with E-state index in [1.165, 1.54) is 11.8 Å². The van der Waals surface area contributed by atoms with E-state index >= 15 is 0 Å². The zero-order chi connectivity index (χ0) is 57.3. The molecule has 9 amide bonds. The summed E-state index contributed by atoms with van der Waals surface area (Å²) in [7, 11) is 0. The first-order chi connectivity index (χ1) is 34.9. The maximum Gasteiger partial charge on any atom is 0.326 e. The topological polar surface area (TPSA) is 459 Å². The molecule has 1 heterocycles. The molecule has 0 aromatic carbocycles. The van der Waals surface area contributed by atoms with E-state index in [4.69, 9.17) is 34.4 Å². The number of nitrogens with zero attached hydrogens (tertiary/aromatic N) is 3. The normalized spacial score (nSPS) is 16.5. The maximum atomic E-state index is 14.3. The fraction of sp³-hybridized carbons (Fsp3) is 0.750. The van der Waals surface area contributed by atoms with Crippen LogP contribution in [-0.4, -0.2) is 155 Å². The number of hydrogen-bond donors (Lipinski definition) is 14. The van der Waals surface area contributed by atoms with Gasteiger partial charge in [0.05, 0.1) is 6.04 Å². The van der Waals surface area contributed by atoms with Gasteiger partial charge in [0.15, 0.2) is 11.9 Å². The third-order valence-corrected chi connectivity index (χ3v) is 11.9. The molecule has 0 aliphatic carbocycles. The Balaban J connectivity index is 3.54. The number of aliphatic imine (C=N–C) groups is 2. The van der Waals surface area contributed by atoms with Crippen molar-refractivity contribution in [3.63, 3.8) is 0 Å². The van der Waals surface area contributed by atoms with Gasteiger partial charge in [-0.2, -0.15) is 0 Å². The number of nitrogens with two attached hydrogens (primary N) is 6. The first-order valence-corrected chi connectivity index (χ1v) is 25.8. The van der Waals surface area contributed by atoms with Gasteiger partial charge in [0, 0.05) is 26.1 Å². The van der Waals surface area contributed by atoms with Gasteiger partial charge in [-0.25, -0.2) is 4.79 Å². The predicted molar refractivity (Wildman–Crippen MR) is 281 cm³/mol. The number of carboxylic acid groups (broad SMARTS) is 1. The van der Waals surface area contributed by atoms with E-state index in [0.29, 0.717) is 19.4 Å². The summed E-state index contributed by atoms with van der Waals surface area (Å²) in [6.45, 7) is 15.9. The summed E-state index contributed by atoms with van der Waals surface area (Å²) in [5, 5.41) is 28.2. The van der Waals surface area contributed by atoms with Crippen molar-refractivity contribution in [2.75, 3.05) is 19.6 Å². The number of likely N-dealkylation sites (tertiary alicyclic amines) is 1. The van der Waals surface area contributed by atoms with E-state index in [9.17, 15) is 53.1 Å². The molecule has 0 aromatic rings. The van der Waals surface area contributed by atoms with E-state index in [1.54, 1.807) is 55.4 Å². The van der Waals surface area contributed by atoms with Gasteiger partial charge in [-0.1, -0.05) is 55.4 Å². The van der Waals surface area contributed by atoms with E-state index in [-0.39, 0.29) is 101 Å². The molecule has 0 bridgehead atoms. The Morgan fingerprint density at radius 3 is 1.33 bits per heavy atom. The van der Waals surface area contributed by atoms with E-state index < -0.39 is 119 Å². The van der Waals surface area contributed by atoms with Gasteiger partial charge in [-0.05, 0) is 94.8 Å². The molecule has 9 atom stereocenters. The van der Waals surface area contributed by atoms with Crippen molar-refractivity contribution in [3.8, 4) is 0 Å². The Hall–Kier alpha value is -6.80. The third-order valence-electron chi connectivity index (χ3n) is 11.9. The van der Waals surface area contributed by atoms with Gasteiger partial charge in [0.1, 0.15) is 48.3 Å². The van der Waals surface area contributed by atoms with Crippen LogP contribution in [0.15, 0.2) is 9.98 Å². The molecule has 0 unspecified atom stereocenters. The largest absolute Gasteiger partial charge is 0.480 e. The molecule has 27 nitrogen and oxygen atoms in total. The Kier molecular flexibility index (Phi) is 29.3. The van der Waals surface area contributed by atoms with Crippen LogP contribution in [0.25, 0.3) is 0 Å². The van der Waals surface area contributed by atoms with Crippen molar-refractivity contribution in [1.82, 2.24) is 42.1 Å². The molecule has 0 aromatic heterocycles. The van der Waals surface area contributed by atoms with Crippen LogP contribution in [0.4, 0.5) is 0 Å². The molecule has 20 N–H and O–H groups in total. The summed E-state index contributed by atoms with van der Waals surface area (Å²) in [6, 6.07) is -10.9. The Bertz CT molecular complexity index is 2010. The fourth-order valence-electron chi connectivity index (χ4n) is 8.17. The number of primary amides is 1. The number of carbonyl (C=O) groups is 10. The minimum Gasteiger partial charge on any atom is -0.480 e. The van der Waals surface area contributed by atoms with Crippen molar-refractivity contribution in [3.05, 3.63) is 0 Å². The van der Waals surface area contributed by atoms with Crippen molar-refractivity contribution in [2.24, 2.45) is 68.1 Å². The van der Waals surface area contributed by atoms with Crippen LogP contribution in [0.3, 0.4) is 0 Å². The van der Waals surface area contributed by atoms with Gasteiger partial charge < -0.3 is 81.6 Å². The highest BCUT2D eigenvalue weighted by atomic mass is 16.4. The number of carbonyl (C=O) groups excluding carboxylic acids is 9. The standard InChI is InChI=1S/C48H88N16O11/c1-24(2)21-32(41(69)62-34(46(74)75)23-26(5)6)60-40(68)31(16-17-36(50)65)59-44(72)37(27(7)8)63-42(70)33(22-25(3)4)61-39(67)29(13-10-18-55-47(51)52)57-38(66)30(14-11-19-56-48(53)54)58-43(71)35-15-12-20-64(35)45(73)28(9)49/h24-35,37H,10-23,49H2,1-9H3,(H2,50,65)(H,57,66)(H,58,71)(H,59,72)(H,60,68)(H,61,67)(H,62,69)(H,63,70)(H,74,75)(H4,51,52,55)(H4,53,54,56)/t28-,29-,30-,31-,32-,33-,34-,35-,37-/m0/s1. The smallest absolute Gasteiger partial charge is 0.326 e. The van der Waals surface area contributed by atoms with Crippen LogP contribution in [0.2, 0.25) is 0 Å². The summed E-state index contributed by atoms with van der Waals surface area (Å²) in [5.74, 6) is -9.47. The second-order valence-corrected chi connectivity index (χ2v) is 20.7. The third kappa shape index (κ3) is 25.3. The van der Waals surface area contributed by atoms with Crippen molar-refractivity contribution >= 4 is 71.1 Å². The summed E-state index contributed by atoms with van der Waals surface area (Å²) in [6.07, 6.45) is 0.766. The first kappa shape index (κ1) is 66.2. The Labute approximate surface area is 440 Å². The van der Waals surface area contributed by atoms with E-state index in [1.807, 2.05) is 0 Å². The number of hydrogen-bond acceptors (Lipinski definition) is 13. The summed E-state index contributed by atoms with van der Waals surface area (Å²) in [5.41, 5.74) is 33.3. The molecule has 1 saturated heterocycles. The maximum absolute atomic E-state index is 14.3. The van der Waals surface area contributed by atoms with Crippen LogP contribution < -0.4 is 71.6 Å². The first-order valence-electron chi connectivity index (χ1n) is 25.8. The van der Waals surface area contributed by atoms with Crippen LogP contribution in [0.5, 0.6) is 0 Å². The molecule has 1 aliphatic rings. The summed E-state index contributed by atoms with van der Waals surface area (Å²) in [4.78, 5) is 144. The molecule has 1 rings (SSSR count). The lowest BCUT2D eigenvalue weighted by Crippen LogP contribution is -2.61. The molecular weight excluding hydrogens is 977 g/mol.